The third-order valence-electron chi connectivity index (χ3n) is 4.99. The minimum absolute atomic E-state index is 0.250. The minimum atomic E-state index is -2.48. The van der Waals surface area contributed by atoms with Gasteiger partial charge >= 0.3 is 0 Å². The van der Waals surface area contributed by atoms with Gasteiger partial charge in [0.1, 0.15) is 5.52 Å². The number of carbonyl (C=O) groups is 1. The SMILES string of the molecule is CC(NC(=O)c1ccc(I)cc1N(c1cccc2nccnc12)S(=O)O)c1ccc(Cl)cc1. The summed E-state index contributed by atoms with van der Waals surface area (Å²) in [5, 5.41) is 3.56. The molecule has 33 heavy (non-hydrogen) atoms. The zero-order valence-electron chi connectivity index (χ0n) is 17.3. The van der Waals surface area contributed by atoms with Crippen LogP contribution in [-0.4, -0.2) is 24.6 Å². The Hall–Kier alpha value is -2.60. The second kappa shape index (κ2) is 10.1. The second-order valence-electron chi connectivity index (χ2n) is 7.13. The van der Waals surface area contributed by atoms with E-state index in [1.54, 1.807) is 54.7 Å². The monoisotopic (exact) mass is 592 g/mol. The Morgan fingerprint density at radius 1 is 1.09 bits per heavy atom. The second-order valence-corrected chi connectivity index (χ2v) is 9.64. The average Bonchev–Trinajstić information content (AvgIpc) is 2.79. The van der Waals surface area contributed by atoms with Crippen molar-refractivity contribution in [1.82, 2.24) is 15.3 Å². The summed E-state index contributed by atoms with van der Waals surface area (Å²) < 4.78 is 24.8. The van der Waals surface area contributed by atoms with Crippen LogP contribution in [0.25, 0.3) is 11.0 Å². The molecule has 2 atom stereocenters. The van der Waals surface area contributed by atoms with Crippen molar-refractivity contribution in [2.24, 2.45) is 0 Å². The van der Waals surface area contributed by atoms with E-state index in [-0.39, 0.29) is 23.2 Å². The van der Waals surface area contributed by atoms with Crippen LogP contribution in [0.5, 0.6) is 0 Å². The van der Waals surface area contributed by atoms with Gasteiger partial charge in [0.25, 0.3) is 17.2 Å². The van der Waals surface area contributed by atoms with Crippen molar-refractivity contribution in [1.29, 1.82) is 0 Å². The number of hydrogen-bond donors (Lipinski definition) is 2. The molecule has 7 nitrogen and oxygen atoms in total. The third-order valence-corrected chi connectivity index (χ3v) is 6.62. The maximum absolute atomic E-state index is 13.3. The summed E-state index contributed by atoms with van der Waals surface area (Å²) >= 11 is 5.58. The maximum Gasteiger partial charge on any atom is 0.266 e. The molecule has 1 amide bonds. The molecule has 0 saturated carbocycles. The molecule has 3 aromatic carbocycles. The highest BCUT2D eigenvalue weighted by atomic mass is 127. The Morgan fingerprint density at radius 2 is 1.82 bits per heavy atom. The summed E-state index contributed by atoms with van der Waals surface area (Å²) in [6.45, 7) is 1.86. The summed E-state index contributed by atoms with van der Waals surface area (Å²) in [6, 6.07) is 17.1. The number of halogens is 2. The van der Waals surface area contributed by atoms with Crippen LogP contribution in [0.2, 0.25) is 5.02 Å². The first-order valence-corrected chi connectivity index (χ1v) is 12.3. The number of nitrogens with one attached hydrogen (secondary N) is 1. The fraction of sp³-hybridized carbons (Fsp3) is 0.0870. The molecule has 4 rings (SSSR count). The predicted octanol–water partition coefficient (Wildman–Crippen LogP) is 5.65. The zero-order valence-corrected chi connectivity index (χ0v) is 21.0. The van der Waals surface area contributed by atoms with Crippen LogP contribution in [0.15, 0.2) is 73.1 Å². The Morgan fingerprint density at radius 3 is 2.55 bits per heavy atom. The van der Waals surface area contributed by atoms with Gasteiger partial charge in [0, 0.05) is 21.0 Å². The van der Waals surface area contributed by atoms with Gasteiger partial charge in [-0.05, 0) is 77.5 Å². The number of fused-ring (bicyclic) bond motifs is 1. The first-order valence-electron chi connectivity index (χ1n) is 9.82. The molecule has 2 unspecified atom stereocenters. The Balaban J connectivity index is 1.77. The average molecular weight is 593 g/mol. The van der Waals surface area contributed by atoms with Crippen molar-refractivity contribution < 1.29 is 13.6 Å². The molecule has 168 valence electrons. The molecular weight excluding hydrogens is 575 g/mol. The number of nitrogens with zero attached hydrogens (tertiary/aromatic N) is 3. The van der Waals surface area contributed by atoms with Crippen molar-refractivity contribution in [3.8, 4) is 0 Å². The van der Waals surface area contributed by atoms with E-state index in [1.807, 2.05) is 19.1 Å². The number of amides is 1. The molecule has 0 aliphatic carbocycles. The summed E-state index contributed by atoms with van der Waals surface area (Å²) in [5.74, 6) is -0.384. The maximum atomic E-state index is 13.3. The van der Waals surface area contributed by atoms with Gasteiger partial charge in [0.05, 0.1) is 28.5 Å². The molecule has 0 fully saturated rings. The van der Waals surface area contributed by atoms with E-state index in [2.05, 4.69) is 37.9 Å². The number of rotatable bonds is 6. The van der Waals surface area contributed by atoms with E-state index in [0.29, 0.717) is 21.7 Å². The zero-order chi connectivity index (χ0) is 23.5. The fourth-order valence-electron chi connectivity index (χ4n) is 3.41. The van der Waals surface area contributed by atoms with E-state index < -0.39 is 11.3 Å². The van der Waals surface area contributed by atoms with E-state index in [4.69, 9.17) is 11.6 Å². The standard InChI is InChI=1S/C23H18ClIN4O3S/c1-14(15-5-7-16(24)8-6-15)28-23(30)18-10-9-17(25)13-21(18)29(33(31)32)20-4-2-3-19-22(20)27-12-11-26-19/h2-14H,1H3,(H,28,30)(H,31,32). The number of benzene rings is 3. The summed E-state index contributed by atoms with van der Waals surface area (Å²) in [7, 11) is 0. The van der Waals surface area contributed by atoms with Crippen LogP contribution in [-0.2, 0) is 11.3 Å². The highest BCUT2D eigenvalue weighted by Crippen LogP contribution is 2.35. The van der Waals surface area contributed by atoms with Crippen molar-refractivity contribution in [2.75, 3.05) is 4.31 Å². The molecule has 10 heteroatoms. The number of anilines is 2. The highest BCUT2D eigenvalue weighted by Gasteiger charge is 2.25. The third kappa shape index (κ3) is 5.16. The lowest BCUT2D eigenvalue weighted by molar-refractivity contribution is 0.0940. The Bertz CT molecular complexity index is 1350. The van der Waals surface area contributed by atoms with Gasteiger partial charge < -0.3 is 5.32 Å². The summed E-state index contributed by atoms with van der Waals surface area (Å²) in [4.78, 5) is 21.9. The van der Waals surface area contributed by atoms with Crippen LogP contribution >= 0.6 is 34.2 Å². The topological polar surface area (TPSA) is 95.4 Å². The van der Waals surface area contributed by atoms with Gasteiger partial charge in [-0.25, -0.2) is 8.51 Å². The normalized spacial score (nSPS) is 12.8. The summed E-state index contributed by atoms with van der Waals surface area (Å²) in [5.41, 5.74) is 2.79. The number of para-hydroxylation sites is 1. The van der Waals surface area contributed by atoms with E-state index in [9.17, 15) is 13.6 Å². The largest absolute Gasteiger partial charge is 0.345 e. The lowest BCUT2D eigenvalue weighted by atomic mass is 10.1. The minimum Gasteiger partial charge on any atom is -0.345 e. The molecule has 1 aromatic heterocycles. The van der Waals surface area contributed by atoms with Crippen LogP contribution in [0.4, 0.5) is 11.4 Å². The lowest BCUT2D eigenvalue weighted by Crippen LogP contribution is -2.29. The van der Waals surface area contributed by atoms with Gasteiger partial charge in [0.2, 0.25) is 0 Å². The Labute approximate surface area is 211 Å². The smallest absolute Gasteiger partial charge is 0.266 e. The van der Waals surface area contributed by atoms with E-state index in [1.165, 1.54) is 10.5 Å². The van der Waals surface area contributed by atoms with Crippen LogP contribution in [0.3, 0.4) is 0 Å². The molecule has 0 aliphatic rings. The van der Waals surface area contributed by atoms with E-state index in [0.717, 1.165) is 9.13 Å². The number of carbonyl (C=O) groups excluding carboxylic acids is 1. The molecule has 0 aliphatic heterocycles. The number of aromatic nitrogens is 2. The fourth-order valence-corrected chi connectivity index (χ4v) is 4.65. The lowest BCUT2D eigenvalue weighted by Gasteiger charge is -2.24. The molecule has 0 radical (unpaired) electrons. The number of hydrogen-bond acceptors (Lipinski definition) is 4. The quantitative estimate of drug-likeness (QED) is 0.223. The van der Waals surface area contributed by atoms with Crippen molar-refractivity contribution in [3.63, 3.8) is 0 Å². The Kier molecular flexibility index (Phi) is 7.23. The first kappa shape index (κ1) is 23.6. The molecule has 0 bridgehead atoms. The van der Waals surface area contributed by atoms with Crippen molar-refractivity contribution >= 4 is 73.8 Å². The van der Waals surface area contributed by atoms with E-state index >= 15 is 0 Å². The molecule has 0 spiro atoms. The van der Waals surface area contributed by atoms with Gasteiger partial charge in [0.15, 0.2) is 0 Å². The van der Waals surface area contributed by atoms with Crippen molar-refractivity contribution in [3.05, 3.63) is 92.8 Å². The molecular formula is C23H18ClIN4O3S. The van der Waals surface area contributed by atoms with Crippen LogP contribution in [0.1, 0.15) is 28.9 Å². The van der Waals surface area contributed by atoms with Gasteiger partial charge in [-0.1, -0.05) is 29.8 Å². The predicted molar refractivity (Wildman–Crippen MR) is 139 cm³/mol. The first-order chi connectivity index (χ1) is 15.8. The summed E-state index contributed by atoms with van der Waals surface area (Å²) in [6.07, 6.45) is 3.06. The van der Waals surface area contributed by atoms with Crippen LogP contribution < -0.4 is 9.62 Å². The van der Waals surface area contributed by atoms with Crippen LogP contribution in [0, 0.1) is 3.57 Å². The van der Waals surface area contributed by atoms with Gasteiger partial charge in [-0.3, -0.25) is 19.3 Å². The molecule has 4 aromatic rings. The van der Waals surface area contributed by atoms with Gasteiger partial charge in [-0.2, -0.15) is 0 Å². The molecule has 0 saturated heterocycles. The molecule has 2 N–H and O–H groups in total. The molecule has 1 heterocycles. The van der Waals surface area contributed by atoms with Crippen molar-refractivity contribution in [2.45, 2.75) is 13.0 Å². The highest BCUT2D eigenvalue weighted by molar-refractivity contribution is 14.1. The van der Waals surface area contributed by atoms with Gasteiger partial charge in [-0.15, -0.1) is 0 Å².